The van der Waals surface area contributed by atoms with Crippen molar-refractivity contribution in [2.75, 3.05) is 13.1 Å². The van der Waals surface area contributed by atoms with Gasteiger partial charge in [-0.2, -0.15) is 0 Å². The molecule has 0 aliphatic carbocycles. The fourth-order valence-corrected chi connectivity index (χ4v) is 3.35. The third kappa shape index (κ3) is 3.43. The Bertz CT molecular complexity index is 578. The van der Waals surface area contributed by atoms with Crippen LogP contribution in [0.4, 0.5) is 4.79 Å². The van der Waals surface area contributed by atoms with E-state index in [1.807, 2.05) is 31.2 Å². The second-order valence-corrected chi connectivity index (χ2v) is 6.86. The normalized spacial score (nSPS) is 19.7. The molecule has 3 rings (SSSR count). The summed E-state index contributed by atoms with van der Waals surface area (Å²) < 4.78 is 6.24. The molecule has 0 saturated carbocycles. The van der Waals surface area contributed by atoms with Crippen LogP contribution in [-0.2, 0) is 16.2 Å². The average Bonchev–Trinajstić information content (AvgIpc) is 2.88. The summed E-state index contributed by atoms with van der Waals surface area (Å²) in [6.45, 7) is 3.63. The number of aryl methyl sites for hydroxylation is 1. The Kier molecular flexibility index (Phi) is 4.38. The number of halogens is 1. The fraction of sp³-hybridized carbons (Fsp3) is 0.500. The Balaban J connectivity index is 1.47. The molecule has 2 aliphatic heterocycles. The highest BCUT2D eigenvalue weighted by Gasteiger charge is 2.42. The van der Waals surface area contributed by atoms with E-state index in [0.29, 0.717) is 19.7 Å². The SMILES string of the molecule is Cc1ccc(COC(=O)N2CCC3(CC2)CC(Br)=NO3)cc1. The van der Waals surface area contributed by atoms with Gasteiger partial charge < -0.3 is 14.5 Å². The van der Waals surface area contributed by atoms with Crippen molar-refractivity contribution in [3.63, 3.8) is 0 Å². The standard InChI is InChI=1S/C16H19BrN2O3/c1-12-2-4-13(5-3-12)11-21-15(20)19-8-6-16(7-9-19)10-14(17)18-22-16/h2-5H,6-11H2,1H3. The predicted molar refractivity (Wildman–Crippen MR) is 87.0 cm³/mol. The predicted octanol–water partition coefficient (Wildman–Crippen LogP) is 3.59. The molecule has 118 valence electrons. The van der Waals surface area contributed by atoms with Crippen LogP contribution in [0.5, 0.6) is 0 Å². The zero-order chi connectivity index (χ0) is 15.6. The molecule has 2 aliphatic rings. The number of hydrogen-bond acceptors (Lipinski definition) is 4. The van der Waals surface area contributed by atoms with Gasteiger partial charge in [-0.3, -0.25) is 0 Å². The molecule has 0 unspecified atom stereocenters. The van der Waals surface area contributed by atoms with E-state index < -0.39 is 0 Å². The number of rotatable bonds is 2. The lowest BCUT2D eigenvalue weighted by molar-refractivity contribution is -0.0596. The number of piperidine rings is 1. The van der Waals surface area contributed by atoms with E-state index in [2.05, 4.69) is 21.1 Å². The topological polar surface area (TPSA) is 51.1 Å². The number of likely N-dealkylation sites (tertiary alicyclic amines) is 1. The number of amides is 1. The van der Waals surface area contributed by atoms with Gasteiger partial charge >= 0.3 is 6.09 Å². The molecule has 0 N–H and O–H groups in total. The highest BCUT2D eigenvalue weighted by molar-refractivity contribution is 9.18. The summed E-state index contributed by atoms with van der Waals surface area (Å²) in [4.78, 5) is 19.4. The van der Waals surface area contributed by atoms with Crippen molar-refractivity contribution < 1.29 is 14.4 Å². The van der Waals surface area contributed by atoms with Crippen LogP contribution in [0.25, 0.3) is 0 Å². The first-order chi connectivity index (χ1) is 10.6. The first-order valence-corrected chi connectivity index (χ1v) is 8.23. The minimum Gasteiger partial charge on any atom is -0.445 e. The number of carbonyl (C=O) groups is 1. The Labute approximate surface area is 138 Å². The van der Waals surface area contributed by atoms with Gasteiger partial charge in [0.2, 0.25) is 0 Å². The molecule has 1 aromatic rings. The van der Waals surface area contributed by atoms with Gasteiger partial charge in [-0.05, 0) is 28.4 Å². The molecule has 0 bridgehead atoms. The first kappa shape index (κ1) is 15.3. The van der Waals surface area contributed by atoms with Crippen molar-refractivity contribution >= 4 is 26.6 Å². The van der Waals surface area contributed by atoms with E-state index in [0.717, 1.165) is 29.4 Å². The minimum atomic E-state index is -0.256. The van der Waals surface area contributed by atoms with Crippen molar-refractivity contribution in [3.05, 3.63) is 35.4 Å². The van der Waals surface area contributed by atoms with Crippen LogP contribution < -0.4 is 0 Å². The van der Waals surface area contributed by atoms with E-state index in [1.54, 1.807) is 4.90 Å². The molecular weight excluding hydrogens is 348 g/mol. The van der Waals surface area contributed by atoms with E-state index in [-0.39, 0.29) is 11.7 Å². The highest BCUT2D eigenvalue weighted by atomic mass is 79.9. The number of hydrogen-bond donors (Lipinski definition) is 0. The molecule has 0 aromatic heterocycles. The second kappa shape index (κ2) is 6.28. The van der Waals surface area contributed by atoms with E-state index in [1.165, 1.54) is 5.56 Å². The largest absolute Gasteiger partial charge is 0.445 e. The summed E-state index contributed by atoms with van der Waals surface area (Å²) >= 11 is 3.37. The van der Waals surface area contributed by atoms with Gasteiger partial charge in [0.1, 0.15) is 16.8 Å². The van der Waals surface area contributed by atoms with Gasteiger partial charge in [0.15, 0.2) is 0 Å². The third-order valence-corrected chi connectivity index (χ3v) is 4.65. The second-order valence-electron chi connectivity index (χ2n) is 5.95. The molecule has 0 atom stereocenters. The van der Waals surface area contributed by atoms with Gasteiger partial charge in [0, 0.05) is 32.4 Å². The lowest BCUT2D eigenvalue weighted by Gasteiger charge is -2.36. The van der Waals surface area contributed by atoms with Crippen LogP contribution in [0.2, 0.25) is 0 Å². The summed E-state index contributed by atoms with van der Waals surface area (Å²) in [5, 5.41) is 3.96. The molecule has 5 nitrogen and oxygen atoms in total. The maximum absolute atomic E-state index is 12.1. The Hall–Kier alpha value is -1.56. The number of oxime groups is 1. The number of benzene rings is 1. The van der Waals surface area contributed by atoms with Crippen LogP contribution >= 0.6 is 15.9 Å². The summed E-state index contributed by atoms with van der Waals surface area (Å²) in [5.41, 5.74) is 1.97. The van der Waals surface area contributed by atoms with Gasteiger partial charge in [-0.25, -0.2) is 4.79 Å². The van der Waals surface area contributed by atoms with E-state index in [9.17, 15) is 4.79 Å². The summed E-state index contributed by atoms with van der Waals surface area (Å²) in [6.07, 6.45) is 2.10. The molecule has 1 fully saturated rings. The van der Waals surface area contributed by atoms with Crippen molar-refractivity contribution in [1.29, 1.82) is 0 Å². The van der Waals surface area contributed by atoms with Gasteiger partial charge in [-0.1, -0.05) is 35.0 Å². The summed E-state index contributed by atoms with van der Waals surface area (Å²) in [6, 6.07) is 8.00. The molecule has 22 heavy (non-hydrogen) atoms. The van der Waals surface area contributed by atoms with Crippen molar-refractivity contribution in [3.8, 4) is 0 Å². The lowest BCUT2D eigenvalue weighted by Crippen LogP contribution is -2.46. The smallest absolute Gasteiger partial charge is 0.410 e. The number of carbonyl (C=O) groups excluding carboxylic acids is 1. The van der Waals surface area contributed by atoms with Gasteiger partial charge in [0.05, 0.1) is 0 Å². The molecule has 1 amide bonds. The fourth-order valence-electron chi connectivity index (χ4n) is 2.76. The summed E-state index contributed by atoms with van der Waals surface area (Å²) in [7, 11) is 0. The molecule has 1 aromatic carbocycles. The average molecular weight is 367 g/mol. The Morgan fingerprint density at radius 2 is 2.05 bits per heavy atom. The zero-order valence-electron chi connectivity index (χ0n) is 12.5. The first-order valence-electron chi connectivity index (χ1n) is 7.44. The van der Waals surface area contributed by atoms with Crippen molar-refractivity contribution in [2.45, 2.75) is 38.4 Å². The van der Waals surface area contributed by atoms with Crippen LogP contribution in [-0.4, -0.2) is 34.3 Å². The zero-order valence-corrected chi connectivity index (χ0v) is 14.1. The minimum absolute atomic E-state index is 0.230. The van der Waals surface area contributed by atoms with Crippen LogP contribution in [0.15, 0.2) is 29.4 Å². The molecule has 1 spiro atoms. The maximum Gasteiger partial charge on any atom is 0.410 e. The Morgan fingerprint density at radius 3 is 2.64 bits per heavy atom. The molecule has 6 heteroatoms. The van der Waals surface area contributed by atoms with Crippen LogP contribution in [0.1, 0.15) is 30.4 Å². The van der Waals surface area contributed by atoms with Crippen LogP contribution in [0.3, 0.4) is 0 Å². The molecule has 2 heterocycles. The third-order valence-electron chi connectivity index (χ3n) is 4.22. The molecular formula is C16H19BrN2O3. The monoisotopic (exact) mass is 366 g/mol. The quantitative estimate of drug-likeness (QED) is 0.803. The van der Waals surface area contributed by atoms with E-state index in [4.69, 9.17) is 9.57 Å². The molecule has 0 radical (unpaired) electrons. The van der Waals surface area contributed by atoms with E-state index >= 15 is 0 Å². The number of ether oxygens (including phenoxy) is 1. The lowest BCUT2D eigenvalue weighted by atomic mass is 9.89. The summed E-state index contributed by atoms with van der Waals surface area (Å²) in [5.74, 6) is 0. The van der Waals surface area contributed by atoms with Gasteiger partial charge in [-0.15, -0.1) is 0 Å². The van der Waals surface area contributed by atoms with Crippen molar-refractivity contribution in [1.82, 2.24) is 4.90 Å². The van der Waals surface area contributed by atoms with Gasteiger partial charge in [0.25, 0.3) is 0 Å². The van der Waals surface area contributed by atoms with Crippen LogP contribution in [0, 0.1) is 6.92 Å². The Morgan fingerprint density at radius 1 is 1.36 bits per heavy atom. The maximum atomic E-state index is 12.1. The molecule has 1 saturated heterocycles. The number of nitrogens with zero attached hydrogens (tertiary/aromatic N) is 2. The highest BCUT2D eigenvalue weighted by Crippen LogP contribution is 2.35. The van der Waals surface area contributed by atoms with Crippen molar-refractivity contribution in [2.24, 2.45) is 5.16 Å².